The van der Waals surface area contributed by atoms with Crippen molar-refractivity contribution in [1.82, 2.24) is 9.97 Å². The van der Waals surface area contributed by atoms with Gasteiger partial charge in [-0.2, -0.15) is 11.8 Å². The molecule has 0 bridgehead atoms. The molecule has 0 radical (unpaired) electrons. The largest absolute Gasteiger partial charge is 0.368 e. The number of anilines is 1. The van der Waals surface area contributed by atoms with Crippen molar-refractivity contribution in [3.8, 4) is 0 Å². The van der Waals surface area contributed by atoms with Crippen LogP contribution in [0.1, 0.15) is 26.7 Å². The number of hydrogen-bond donors (Lipinski definition) is 1. The van der Waals surface area contributed by atoms with Gasteiger partial charge in [-0.15, -0.1) is 0 Å². The molecular formula is C15H21N3S. The van der Waals surface area contributed by atoms with Crippen LogP contribution >= 0.6 is 11.8 Å². The zero-order valence-corrected chi connectivity index (χ0v) is 12.6. The first-order chi connectivity index (χ1) is 9.24. The van der Waals surface area contributed by atoms with E-state index in [-0.39, 0.29) is 4.75 Å². The van der Waals surface area contributed by atoms with Gasteiger partial charge in [-0.25, -0.2) is 9.97 Å². The zero-order chi connectivity index (χ0) is 13.7. The standard InChI is InChI=1S/C15H21N3S/c1-4-15(5-2,19-3)10-16-14-12-8-6-7-9-13(12)17-11-18-14/h6-9,11H,4-5,10H2,1-3H3,(H,16,17,18). The predicted molar refractivity (Wildman–Crippen MR) is 84.9 cm³/mol. The fourth-order valence-corrected chi connectivity index (χ4v) is 3.05. The van der Waals surface area contributed by atoms with Crippen LogP contribution in [-0.4, -0.2) is 27.5 Å². The number of thioether (sulfide) groups is 1. The van der Waals surface area contributed by atoms with Gasteiger partial charge >= 0.3 is 0 Å². The molecule has 0 spiro atoms. The molecular weight excluding hydrogens is 254 g/mol. The second kappa shape index (κ2) is 6.24. The first-order valence-corrected chi connectivity index (χ1v) is 7.96. The number of nitrogens with one attached hydrogen (secondary N) is 1. The van der Waals surface area contributed by atoms with Crippen LogP contribution in [0.15, 0.2) is 30.6 Å². The number of rotatable bonds is 6. The quantitative estimate of drug-likeness (QED) is 0.866. The Morgan fingerprint density at radius 1 is 1.16 bits per heavy atom. The number of benzene rings is 1. The van der Waals surface area contributed by atoms with Crippen LogP contribution in [0.25, 0.3) is 10.9 Å². The van der Waals surface area contributed by atoms with Crippen LogP contribution in [0, 0.1) is 0 Å². The van der Waals surface area contributed by atoms with Gasteiger partial charge in [0.1, 0.15) is 12.1 Å². The summed E-state index contributed by atoms with van der Waals surface area (Å²) in [6.07, 6.45) is 6.12. The molecule has 0 saturated carbocycles. The minimum atomic E-state index is 0.284. The molecule has 3 nitrogen and oxygen atoms in total. The van der Waals surface area contributed by atoms with Crippen molar-refractivity contribution in [2.24, 2.45) is 0 Å². The van der Waals surface area contributed by atoms with Crippen molar-refractivity contribution in [3.05, 3.63) is 30.6 Å². The molecule has 0 atom stereocenters. The maximum absolute atomic E-state index is 4.38. The van der Waals surface area contributed by atoms with Crippen molar-refractivity contribution in [3.63, 3.8) is 0 Å². The Balaban J connectivity index is 2.22. The third-order valence-corrected chi connectivity index (χ3v) is 5.43. The number of hydrogen-bond acceptors (Lipinski definition) is 4. The SMILES string of the molecule is CCC(CC)(CNc1ncnc2ccccc12)SC. The number of fused-ring (bicyclic) bond motifs is 1. The summed E-state index contributed by atoms with van der Waals surface area (Å²) in [6.45, 7) is 5.43. The lowest BCUT2D eigenvalue weighted by molar-refractivity contribution is 0.574. The summed E-state index contributed by atoms with van der Waals surface area (Å²) in [5.74, 6) is 0.936. The highest BCUT2D eigenvalue weighted by Gasteiger charge is 2.24. The van der Waals surface area contributed by atoms with Crippen molar-refractivity contribution >= 4 is 28.5 Å². The van der Waals surface area contributed by atoms with Gasteiger partial charge in [-0.3, -0.25) is 0 Å². The number of nitrogens with zero attached hydrogens (tertiary/aromatic N) is 2. The van der Waals surface area contributed by atoms with E-state index in [1.54, 1.807) is 6.33 Å². The van der Waals surface area contributed by atoms with Gasteiger partial charge in [0.25, 0.3) is 0 Å². The van der Waals surface area contributed by atoms with Crippen LogP contribution in [0.2, 0.25) is 0 Å². The molecule has 0 aliphatic carbocycles. The van der Waals surface area contributed by atoms with Crippen LogP contribution in [-0.2, 0) is 0 Å². The molecule has 1 heterocycles. The van der Waals surface area contributed by atoms with Gasteiger partial charge in [-0.05, 0) is 31.2 Å². The smallest absolute Gasteiger partial charge is 0.137 e. The van der Waals surface area contributed by atoms with Gasteiger partial charge in [0, 0.05) is 16.7 Å². The monoisotopic (exact) mass is 275 g/mol. The average Bonchev–Trinajstić information content (AvgIpc) is 2.49. The summed E-state index contributed by atoms with van der Waals surface area (Å²) in [7, 11) is 0. The van der Waals surface area contributed by atoms with E-state index in [0.717, 1.165) is 36.1 Å². The Kier molecular flexibility index (Phi) is 4.64. The Morgan fingerprint density at radius 2 is 1.89 bits per heavy atom. The second-order valence-electron chi connectivity index (χ2n) is 4.69. The first kappa shape index (κ1) is 14.1. The van der Waals surface area contributed by atoms with E-state index in [2.05, 4.69) is 41.5 Å². The van der Waals surface area contributed by atoms with Crippen LogP contribution in [0.4, 0.5) is 5.82 Å². The van der Waals surface area contributed by atoms with Crippen molar-refractivity contribution in [1.29, 1.82) is 0 Å². The van der Waals surface area contributed by atoms with Crippen LogP contribution in [0.5, 0.6) is 0 Å². The van der Waals surface area contributed by atoms with Crippen molar-refractivity contribution in [2.75, 3.05) is 18.1 Å². The maximum atomic E-state index is 4.38. The average molecular weight is 275 g/mol. The molecule has 4 heteroatoms. The lowest BCUT2D eigenvalue weighted by atomic mass is 10.0. The molecule has 2 rings (SSSR count). The summed E-state index contributed by atoms with van der Waals surface area (Å²) in [4.78, 5) is 8.67. The van der Waals surface area contributed by atoms with Gasteiger partial charge in [0.15, 0.2) is 0 Å². The highest BCUT2D eigenvalue weighted by molar-refractivity contribution is 8.00. The zero-order valence-electron chi connectivity index (χ0n) is 11.8. The van der Waals surface area contributed by atoms with Gasteiger partial charge < -0.3 is 5.32 Å². The molecule has 19 heavy (non-hydrogen) atoms. The maximum Gasteiger partial charge on any atom is 0.137 e. The molecule has 1 aromatic carbocycles. The van der Waals surface area contributed by atoms with Gasteiger partial charge in [0.05, 0.1) is 5.52 Å². The minimum absolute atomic E-state index is 0.284. The highest BCUT2D eigenvalue weighted by Crippen LogP contribution is 2.31. The lowest BCUT2D eigenvalue weighted by Crippen LogP contribution is -2.32. The number of aromatic nitrogens is 2. The normalized spacial score (nSPS) is 11.7. The highest BCUT2D eigenvalue weighted by atomic mass is 32.2. The molecule has 102 valence electrons. The summed E-state index contributed by atoms with van der Waals surface area (Å²) >= 11 is 1.94. The summed E-state index contributed by atoms with van der Waals surface area (Å²) < 4.78 is 0.284. The van der Waals surface area contributed by atoms with Crippen molar-refractivity contribution < 1.29 is 0 Å². The van der Waals surface area contributed by atoms with E-state index in [1.807, 2.05) is 30.0 Å². The van der Waals surface area contributed by atoms with E-state index in [4.69, 9.17) is 0 Å². The van der Waals surface area contributed by atoms with Crippen molar-refractivity contribution in [2.45, 2.75) is 31.4 Å². The Labute approximate surface area is 119 Å². The van der Waals surface area contributed by atoms with Crippen LogP contribution in [0.3, 0.4) is 0 Å². The molecule has 0 fully saturated rings. The second-order valence-corrected chi connectivity index (χ2v) is 5.96. The lowest BCUT2D eigenvalue weighted by Gasteiger charge is -2.30. The summed E-state index contributed by atoms with van der Waals surface area (Å²) in [6, 6.07) is 8.11. The summed E-state index contributed by atoms with van der Waals surface area (Å²) in [5.41, 5.74) is 0.989. The molecule has 0 aliphatic rings. The van der Waals surface area contributed by atoms with E-state index >= 15 is 0 Å². The van der Waals surface area contributed by atoms with Gasteiger partial charge in [0.2, 0.25) is 0 Å². The minimum Gasteiger partial charge on any atom is -0.368 e. The number of para-hydroxylation sites is 1. The first-order valence-electron chi connectivity index (χ1n) is 6.73. The van der Waals surface area contributed by atoms with Crippen LogP contribution < -0.4 is 5.32 Å². The molecule has 1 aromatic heterocycles. The molecule has 0 amide bonds. The fraction of sp³-hybridized carbons (Fsp3) is 0.467. The molecule has 1 N–H and O–H groups in total. The Morgan fingerprint density at radius 3 is 2.58 bits per heavy atom. The van der Waals surface area contributed by atoms with E-state index in [1.165, 1.54) is 0 Å². The Hall–Kier alpha value is -1.29. The molecule has 0 aliphatic heterocycles. The van der Waals surface area contributed by atoms with E-state index in [0.29, 0.717) is 0 Å². The molecule has 0 saturated heterocycles. The third-order valence-electron chi connectivity index (χ3n) is 3.84. The Bertz CT molecular complexity index is 524. The predicted octanol–water partition coefficient (Wildman–Crippen LogP) is 3.96. The molecule has 0 unspecified atom stereocenters. The third kappa shape index (κ3) is 3.00. The van der Waals surface area contributed by atoms with Gasteiger partial charge in [-0.1, -0.05) is 26.0 Å². The topological polar surface area (TPSA) is 37.8 Å². The molecule has 2 aromatic rings. The van der Waals surface area contributed by atoms with E-state index < -0.39 is 0 Å². The fourth-order valence-electron chi connectivity index (χ4n) is 2.25. The van der Waals surface area contributed by atoms with E-state index in [9.17, 15) is 0 Å². The summed E-state index contributed by atoms with van der Waals surface area (Å²) in [5, 5.41) is 4.60.